The SMILES string of the molecule is Cc1ccc(C(Cc2cccc(Cl)c2F)NN)o1. The molecule has 18 heavy (non-hydrogen) atoms. The van der Waals surface area contributed by atoms with Crippen LogP contribution in [-0.2, 0) is 6.42 Å². The van der Waals surface area contributed by atoms with Gasteiger partial charge in [0.05, 0.1) is 11.1 Å². The van der Waals surface area contributed by atoms with E-state index in [1.54, 1.807) is 12.1 Å². The van der Waals surface area contributed by atoms with Crippen molar-refractivity contribution in [2.45, 2.75) is 19.4 Å². The topological polar surface area (TPSA) is 51.2 Å². The van der Waals surface area contributed by atoms with Crippen molar-refractivity contribution < 1.29 is 8.81 Å². The molecule has 0 bridgehead atoms. The van der Waals surface area contributed by atoms with E-state index in [1.165, 1.54) is 6.07 Å². The normalized spacial score (nSPS) is 12.7. The first-order valence-electron chi connectivity index (χ1n) is 5.57. The first-order valence-corrected chi connectivity index (χ1v) is 5.95. The predicted octanol–water partition coefficient (Wildman–Crippen LogP) is 3.13. The van der Waals surface area contributed by atoms with Crippen molar-refractivity contribution in [1.29, 1.82) is 0 Å². The molecular formula is C13H14ClFN2O. The second kappa shape index (κ2) is 5.52. The van der Waals surface area contributed by atoms with Crippen molar-refractivity contribution in [3.05, 3.63) is 58.3 Å². The highest BCUT2D eigenvalue weighted by atomic mass is 35.5. The molecule has 0 aliphatic carbocycles. The zero-order valence-corrected chi connectivity index (χ0v) is 10.7. The number of halogens is 2. The second-order valence-electron chi connectivity index (χ2n) is 4.08. The molecule has 0 saturated carbocycles. The summed E-state index contributed by atoms with van der Waals surface area (Å²) >= 11 is 5.74. The van der Waals surface area contributed by atoms with Crippen molar-refractivity contribution in [3.8, 4) is 0 Å². The summed E-state index contributed by atoms with van der Waals surface area (Å²) in [5.74, 6) is 6.53. The van der Waals surface area contributed by atoms with Gasteiger partial charge in [0, 0.05) is 0 Å². The van der Waals surface area contributed by atoms with Crippen LogP contribution in [0.15, 0.2) is 34.7 Å². The van der Waals surface area contributed by atoms with Gasteiger partial charge in [-0.25, -0.2) is 9.82 Å². The van der Waals surface area contributed by atoms with Crippen LogP contribution in [0.25, 0.3) is 0 Å². The van der Waals surface area contributed by atoms with E-state index >= 15 is 0 Å². The minimum atomic E-state index is -0.414. The van der Waals surface area contributed by atoms with Gasteiger partial charge in [-0.3, -0.25) is 5.84 Å². The Bertz CT molecular complexity index is 542. The highest BCUT2D eigenvalue weighted by molar-refractivity contribution is 6.30. The number of hydrogen-bond acceptors (Lipinski definition) is 3. The number of furan rings is 1. The van der Waals surface area contributed by atoms with E-state index in [9.17, 15) is 4.39 Å². The molecule has 0 radical (unpaired) electrons. The minimum absolute atomic E-state index is 0.110. The monoisotopic (exact) mass is 268 g/mol. The maximum atomic E-state index is 13.8. The summed E-state index contributed by atoms with van der Waals surface area (Å²) in [6.07, 6.45) is 0.371. The Kier molecular flexibility index (Phi) is 4.01. The van der Waals surface area contributed by atoms with Crippen molar-refractivity contribution in [2.24, 2.45) is 5.84 Å². The average Bonchev–Trinajstić information content (AvgIpc) is 2.78. The molecular weight excluding hydrogens is 255 g/mol. The largest absolute Gasteiger partial charge is 0.465 e. The van der Waals surface area contributed by atoms with Crippen LogP contribution in [0, 0.1) is 12.7 Å². The van der Waals surface area contributed by atoms with Gasteiger partial charge in [0.25, 0.3) is 0 Å². The molecule has 2 aromatic rings. The molecule has 0 saturated heterocycles. The summed E-state index contributed by atoms with van der Waals surface area (Å²) in [4.78, 5) is 0. The van der Waals surface area contributed by atoms with E-state index in [1.807, 2.05) is 19.1 Å². The Hall–Kier alpha value is -1.36. The number of hydrogen-bond donors (Lipinski definition) is 2. The first-order chi connectivity index (χ1) is 8.61. The van der Waals surface area contributed by atoms with E-state index in [0.717, 1.165) is 5.76 Å². The molecule has 1 aromatic heterocycles. The molecule has 0 aliphatic heterocycles. The quantitative estimate of drug-likeness (QED) is 0.662. The number of nitrogens with two attached hydrogens (primary N) is 1. The third kappa shape index (κ3) is 2.72. The molecule has 0 amide bonds. The number of nitrogens with one attached hydrogen (secondary N) is 1. The summed E-state index contributed by atoms with van der Waals surface area (Å²) in [5.41, 5.74) is 3.12. The number of aryl methyl sites for hydroxylation is 1. The van der Waals surface area contributed by atoms with Gasteiger partial charge in [0.2, 0.25) is 0 Å². The van der Waals surface area contributed by atoms with Crippen LogP contribution in [0.2, 0.25) is 5.02 Å². The zero-order chi connectivity index (χ0) is 13.1. The van der Waals surface area contributed by atoms with E-state index in [2.05, 4.69) is 5.43 Å². The smallest absolute Gasteiger partial charge is 0.145 e. The van der Waals surface area contributed by atoms with Crippen LogP contribution >= 0.6 is 11.6 Å². The molecule has 2 rings (SSSR count). The van der Waals surface area contributed by atoms with Crippen LogP contribution in [0.5, 0.6) is 0 Å². The zero-order valence-electron chi connectivity index (χ0n) is 9.91. The Labute approximate surface area is 110 Å². The lowest BCUT2D eigenvalue weighted by Crippen LogP contribution is -2.29. The second-order valence-corrected chi connectivity index (χ2v) is 4.49. The Morgan fingerprint density at radius 3 is 2.78 bits per heavy atom. The van der Waals surface area contributed by atoms with Crippen LogP contribution in [-0.4, -0.2) is 0 Å². The highest BCUT2D eigenvalue weighted by Crippen LogP contribution is 2.24. The fourth-order valence-electron chi connectivity index (χ4n) is 1.81. The van der Waals surface area contributed by atoms with Gasteiger partial charge < -0.3 is 4.42 Å². The van der Waals surface area contributed by atoms with Gasteiger partial charge >= 0.3 is 0 Å². The molecule has 5 heteroatoms. The number of rotatable bonds is 4. The van der Waals surface area contributed by atoms with Gasteiger partial charge in [-0.2, -0.15) is 0 Å². The molecule has 1 unspecified atom stereocenters. The van der Waals surface area contributed by atoms with Gasteiger partial charge in [0.15, 0.2) is 0 Å². The standard InChI is InChI=1S/C13H14ClFN2O/c1-8-5-6-12(18-8)11(17-16)7-9-3-2-4-10(14)13(9)15/h2-6,11,17H,7,16H2,1H3. The predicted molar refractivity (Wildman–Crippen MR) is 68.6 cm³/mol. The van der Waals surface area contributed by atoms with Crippen molar-refractivity contribution >= 4 is 11.6 Å². The lowest BCUT2D eigenvalue weighted by atomic mass is 10.0. The molecule has 1 heterocycles. The number of hydrazine groups is 1. The lowest BCUT2D eigenvalue weighted by molar-refractivity contribution is 0.400. The maximum Gasteiger partial charge on any atom is 0.145 e. The van der Waals surface area contributed by atoms with E-state index in [4.69, 9.17) is 21.9 Å². The number of benzene rings is 1. The summed E-state index contributed by atoms with van der Waals surface area (Å²) < 4.78 is 19.3. The summed E-state index contributed by atoms with van der Waals surface area (Å²) in [6, 6.07) is 8.29. The first kappa shape index (κ1) is 13.1. The molecule has 0 fully saturated rings. The van der Waals surface area contributed by atoms with Crippen LogP contribution in [0.4, 0.5) is 4.39 Å². The van der Waals surface area contributed by atoms with Crippen LogP contribution < -0.4 is 11.3 Å². The van der Waals surface area contributed by atoms with E-state index in [0.29, 0.717) is 17.7 Å². The van der Waals surface area contributed by atoms with Gasteiger partial charge in [-0.1, -0.05) is 23.7 Å². The summed E-state index contributed by atoms with van der Waals surface area (Å²) in [5, 5.41) is 0.110. The van der Waals surface area contributed by atoms with Crippen molar-refractivity contribution in [3.63, 3.8) is 0 Å². The molecule has 1 aromatic carbocycles. The molecule has 96 valence electrons. The van der Waals surface area contributed by atoms with Gasteiger partial charge in [-0.15, -0.1) is 0 Å². The molecule has 3 N–H and O–H groups in total. The Morgan fingerprint density at radius 2 is 2.17 bits per heavy atom. The highest BCUT2D eigenvalue weighted by Gasteiger charge is 2.17. The van der Waals surface area contributed by atoms with Gasteiger partial charge in [-0.05, 0) is 37.1 Å². The Morgan fingerprint density at radius 1 is 1.39 bits per heavy atom. The van der Waals surface area contributed by atoms with Crippen molar-refractivity contribution in [1.82, 2.24) is 5.43 Å². The third-order valence-corrected chi connectivity index (χ3v) is 3.05. The minimum Gasteiger partial charge on any atom is -0.465 e. The van der Waals surface area contributed by atoms with E-state index in [-0.39, 0.29) is 11.1 Å². The van der Waals surface area contributed by atoms with Gasteiger partial charge in [0.1, 0.15) is 17.3 Å². The maximum absolute atomic E-state index is 13.8. The Balaban J connectivity index is 2.23. The van der Waals surface area contributed by atoms with Crippen molar-refractivity contribution in [2.75, 3.05) is 0 Å². The average molecular weight is 269 g/mol. The third-order valence-electron chi connectivity index (χ3n) is 2.76. The molecule has 0 aliphatic rings. The fraction of sp³-hybridized carbons (Fsp3) is 0.231. The fourth-order valence-corrected chi connectivity index (χ4v) is 2.00. The van der Waals surface area contributed by atoms with E-state index < -0.39 is 5.82 Å². The van der Waals surface area contributed by atoms with Crippen LogP contribution in [0.1, 0.15) is 23.1 Å². The molecule has 0 spiro atoms. The van der Waals surface area contributed by atoms with Crippen LogP contribution in [0.3, 0.4) is 0 Å². The lowest BCUT2D eigenvalue weighted by Gasteiger charge is -2.14. The molecule has 3 nitrogen and oxygen atoms in total. The summed E-state index contributed by atoms with van der Waals surface area (Å²) in [6.45, 7) is 1.84. The molecule has 1 atom stereocenters. The summed E-state index contributed by atoms with van der Waals surface area (Å²) in [7, 11) is 0.